The van der Waals surface area contributed by atoms with Crippen LogP contribution in [0.25, 0.3) is 0 Å². The summed E-state index contributed by atoms with van der Waals surface area (Å²) >= 11 is 0. The summed E-state index contributed by atoms with van der Waals surface area (Å²) in [6.07, 6.45) is 5.20. The first-order valence-electron chi connectivity index (χ1n) is 20.1. The number of carbonyl (C=O) groups is 3. The molecule has 2 fully saturated rings. The molecule has 12 nitrogen and oxygen atoms in total. The fraction of sp³-hybridized carbons (Fsp3) is 0.533. The van der Waals surface area contributed by atoms with Crippen molar-refractivity contribution in [1.29, 1.82) is 0 Å². The van der Waals surface area contributed by atoms with Crippen LogP contribution in [-0.4, -0.2) is 89.6 Å². The van der Waals surface area contributed by atoms with Gasteiger partial charge in [0, 0.05) is 37.4 Å². The van der Waals surface area contributed by atoms with Gasteiger partial charge in [0.25, 0.3) is 5.97 Å². The monoisotopic (exact) mass is 786 g/mol. The minimum atomic E-state index is -2.01. The summed E-state index contributed by atoms with van der Waals surface area (Å²) in [7, 11) is 1.46. The molecule has 6 unspecified atom stereocenters. The highest BCUT2D eigenvalue weighted by molar-refractivity contribution is 6.04. The Morgan fingerprint density at radius 1 is 1.04 bits per heavy atom. The number of Topliss-reactive ketones (excluding diaryl/α,β-unsaturated/α-hetero) is 1. The van der Waals surface area contributed by atoms with Gasteiger partial charge in [0.1, 0.15) is 12.2 Å². The zero-order chi connectivity index (χ0) is 41.1. The Balaban J connectivity index is 1.23. The third-order valence-corrected chi connectivity index (χ3v) is 12.1. The molecule has 4 aliphatic rings. The number of benzene rings is 2. The molecule has 0 spiro atoms. The molecule has 2 heterocycles. The lowest BCUT2D eigenvalue weighted by molar-refractivity contribution is -0.384. The third-order valence-electron chi connectivity index (χ3n) is 12.1. The zero-order valence-corrected chi connectivity index (χ0v) is 33.8. The Kier molecular flexibility index (Phi) is 13.1. The van der Waals surface area contributed by atoms with Gasteiger partial charge >= 0.3 is 12.1 Å². The van der Waals surface area contributed by atoms with Gasteiger partial charge in [0.2, 0.25) is 0 Å². The standard InChI is InChI=1S/C45H58N2O10/c1-27(2)38-19-28(3)41-35(30(5)56-45(52,57-38)24-31-12-8-7-9-13-31)20-33(23-44(51)36(41)18-29(4)42(44)49)26-54-40(48)22-32-15-16-37(39(21-32)53-6)55-43(50)47-17-11-10-14-34(47)25-46/h7-9,12-13,15-16,18,20-21,28,30,34-36,38,41,51-52H,1,10-11,14,17,19,22-26,46H2,2-6H3/t28-,30+,34?,35?,36?,38?,41?,44?,45-/m1/s1. The number of amides is 1. The minimum Gasteiger partial charge on any atom is -0.493 e. The Hall–Kier alpha value is -4.33. The SMILES string of the molecule is C=C(C)C1C[C@@H](C)C2C(C=C(COC(=O)Cc3ccc(OC(=O)N4CCCCC4CN)c(OC)c3)CC3(O)C(=O)C(C)=CC23)[C@H](C)O[C@](O)(Cc2ccccc2)O1. The molecule has 2 aliphatic carbocycles. The first kappa shape index (κ1) is 42.3. The average Bonchev–Trinajstić information content (AvgIpc) is 3.32. The molecular formula is C45H58N2O10. The average molecular weight is 787 g/mol. The van der Waals surface area contributed by atoms with Crippen LogP contribution in [0.15, 0.2) is 84.0 Å². The molecule has 4 N–H and O–H groups in total. The van der Waals surface area contributed by atoms with Crippen LogP contribution in [0.2, 0.25) is 0 Å². The fourth-order valence-electron chi connectivity index (χ4n) is 9.25. The number of piperidine rings is 1. The maximum absolute atomic E-state index is 13.8. The molecule has 9 atom stereocenters. The van der Waals surface area contributed by atoms with E-state index in [1.807, 2.05) is 56.3 Å². The van der Waals surface area contributed by atoms with Crippen LogP contribution in [-0.2, 0) is 36.6 Å². The summed E-state index contributed by atoms with van der Waals surface area (Å²) in [5.74, 6) is -3.80. The van der Waals surface area contributed by atoms with E-state index in [1.165, 1.54) is 7.11 Å². The van der Waals surface area contributed by atoms with Crippen LogP contribution in [0.3, 0.4) is 0 Å². The van der Waals surface area contributed by atoms with Gasteiger partial charge in [-0.3, -0.25) is 9.59 Å². The predicted octanol–water partition coefficient (Wildman–Crippen LogP) is 5.83. The molecule has 1 amide bonds. The third kappa shape index (κ3) is 9.37. The molecule has 57 heavy (non-hydrogen) atoms. The molecule has 2 aromatic rings. The molecule has 0 bridgehead atoms. The maximum atomic E-state index is 13.8. The molecule has 2 saturated heterocycles. The number of likely N-dealkylation sites (tertiary alicyclic amines) is 1. The lowest BCUT2D eigenvalue weighted by Gasteiger charge is -2.40. The van der Waals surface area contributed by atoms with Gasteiger partial charge in [0.15, 0.2) is 17.3 Å². The molecule has 2 aromatic carbocycles. The number of fused-ring (bicyclic) bond motifs is 3. The second-order valence-electron chi connectivity index (χ2n) is 16.4. The summed E-state index contributed by atoms with van der Waals surface area (Å²) in [6, 6.07) is 14.3. The van der Waals surface area contributed by atoms with Crippen LogP contribution in [0.1, 0.15) is 70.9 Å². The van der Waals surface area contributed by atoms with Crippen molar-refractivity contribution >= 4 is 17.8 Å². The van der Waals surface area contributed by atoms with E-state index >= 15 is 0 Å². The number of nitrogens with zero attached hydrogens (tertiary/aromatic N) is 1. The Labute approximate surface area is 335 Å². The van der Waals surface area contributed by atoms with Crippen LogP contribution < -0.4 is 15.2 Å². The first-order chi connectivity index (χ1) is 27.1. The van der Waals surface area contributed by atoms with Gasteiger partial charge < -0.3 is 44.5 Å². The minimum absolute atomic E-state index is 0.0331. The molecule has 0 radical (unpaired) electrons. The first-order valence-corrected chi connectivity index (χ1v) is 20.1. The number of nitrogens with two attached hydrogens (primary N) is 1. The zero-order valence-electron chi connectivity index (χ0n) is 33.8. The van der Waals surface area contributed by atoms with Crippen LogP contribution in [0.5, 0.6) is 11.5 Å². The van der Waals surface area contributed by atoms with Crippen LogP contribution in [0.4, 0.5) is 4.79 Å². The molecule has 6 rings (SSSR count). The lowest BCUT2D eigenvalue weighted by Crippen LogP contribution is -2.48. The van der Waals surface area contributed by atoms with E-state index in [1.54, 1.807) is 30.0 Å². The van der Waals surface area contributed by atoms with Crippen molar-refractivity contribution in [3.63, 3.8) is 0 Å². The molecule has 0 saturated carbocycles. The van der Waals surface area contributed by atoms with Crippen molar-refractivity contribution in [2.45, 2.75) is 102 Å². The summed E-state index contributed by atoms with van der Waals surface area (Å²) in [6.45, 7) is 12.4. The number of hydrogen-bond acceptors (Lipinski definition) is 11. The molecular weight excluding hydrogens is 728 g/mol. The molecule has 0 aromatic heterocycles. The van der Waals surface area contributed by atoms with Crippen LogP contribution >= 0.6 is 0 Å². The summed E-state index contributed by atoms with van der Waals surface area (Å²) < 4.78 is 30.0. The molecule has 2 aliphatic heterocycles. The Morgan fingerprint density at radius 3 is 2.49 bits per heavy atom. The van der Waals surface area contributed by atoms with E-state index in [-0.39, 0.29) is 61.0 Å². The van der Waals surface area contributed by atoms with Crippen molar-refractivity contribution in [3.8, 4) is 11.5 Å². The van der Waals surface area contributed by atoms with Gasteiger partial charge in [-0.05, 0) is 92.7 Å². The Morgan fingerprint density at radius 2 is 1.79 bits per heavy atom. The fourth-order valence-corrected chi connectivity index (χ4v) is 9.25. The van der Waals surface area contributed by atoms with Gasteiger partial charge in [-0.1, -0.05) is 67.6 Å². The number of ketones is 1. The van der Waals surface area contributed by atoms with E-state index < -0.39 is 47.7 Å². The molecule has 12 heteroatoms. The van der Waals surface area contributed by atoms with E-state index in [9.17, 15) is 24.6 Å². The number of esters is 1. The largest absolute Gasteiger partial charge is 0.493 e. The summed E-state index contributed by atoms with van der Waals surface area (Å²) in [5.41, 5.74) is 7.30. The quantitative estimate of drug-likeness (QED) is 0.196. The normalized spacial score (nSPS) is 31.6. The van der Waals surface area contributed by atoms with Gasteiger partial charge in [-0.25, -0.2) is 4.79 Å². The topological polar surface area (TPSA) is 167 Å². The summed E-state index contributed by atoms with van der Waals surface area (Å²) in [5, 5.41) is 24.4. The maximum Gasteiger partial charge on any atom is 0.415 e. The molecule has 308 valence electrons. The van der Waals surface area contributed by atoms with Crippen molar-refractivity contribution in [2.75, 3.05) is 26.8 Å². The number of methoxy groups -OCH3 is 1. The number of aliphatic hydroxyl groups is 2. The lowest BCUT2D eigenvalue weighted by atomic mass is 9.67. The highest BCUT2D eigenvalue weighted by Crippen LogP contribution is 2.51. The highest BCUT2D eigenvalue weighted by atomic mass is 16.8. The van der Waals surface area contributed by atoms with Crippen molar-refractivity contribution in [2.24, 2.45) is 29.4 Å². The second-order valence-corrected chi connectivity index (χ2v) is 16.4. The van der Waals surface area contributed by atoms with Crippen LogP contribution in [0, 0.1) is 23.7 Å². The van der Waals surface area contributed by atoms with Gasteiger partial charge in [-0.2, -0.15) is 0 Å². The highest BCUT2D eigenvalue weighted by Gasteiger charge is 2.57. The predicted molar refractivity (Wildman–Crippen MR) is 213 cm³/mol. The van der Waals surface area contributed by atoms with Gasteiger partial charge in [-0.15, -0.1) is 0 Å². The number of rotatable bonds is 10. The number of hydrogen-bond donors (Lipinski definition) is 3. The van der Waals surface area contributed by atoms with E-state index in [0.29, 0.717) is 36.2 Å². The van der Waals surface area contributed by atoms with Crippen molar-refractivity contribution in [1.82, 2.24) is 4.90 Å². The smallest absolute Gasteiger partial charge is 0.415 e. The van der Waals surface area contributed by atoms with Crippen molar-refractivity contribution < 1.29 is 48.3 Å². The van der Waals surface area contributed by atoms with Crippen molar-refractivity contribution in [3.05, 3.63) is 95.1 Å². The summed E-state index contributed by atoms with van der Waals surface area (Å²) in [4.78, 5) is 41.8. The number of carbonyl (C=O) groups excluding carboxylic acids is 3. The Bertz CT molecular complexity index is 1880. The second kappa shape index (κ2) is 17.7. The van der Waals surface area contributed by atoms with E-state index in [0.717, 1.165) is 30.4 Å². The van der Waals surface area contributed by atoms with E-state index in [4.69, 9.17) is 29.4 Å². The van der Waals surface area contributed by atoms with Gasteiger partial charge in [0.05, 0.1) is 32.2 Å². The number of ether oxygens (including phenoxy) is 5. The van der Waals surface area contributed by atoms with E-state index in [2.05, 4.69) is 13.5 Å².